The van der Waals surface area contributed by atoms with Crippen molar-refractivity contribution in [3.63, 3.8) is 0 Å². The van der Waals surface area contributed by atoms with Crippen LogP contribution in [0.2, 0.25) is 0 Å². The molecule has 0 unspecified atom stereocenters. The first-order valence-corrected chi connectivity index (χ1v) is 7.04. The molecule has 0 spiro atoms. The van der Waals surface area contributed by atoms with Crippen LogP contribution in [0.4, 0.5) is 0 Å². The van der Waals surface area contributed by atoms with Gasteiger partial charge in [0.05, 0.1) is 0 Å². The van der Waals surface area contributed by atoms with Gasteiger partial charge in [-0.1, -0.05) is 13.8 Å². The summed E-state index contributed by atoms with van der Waals surface area (Å²) in [5, 5.41) is 2.89. The van der Waals surface area contributed by atoms with Crippen molar-refractivity contribution in [2.75, 3.05) is 19.8 Å². The molecule has 5 heteroatoms. The van der Waals surface area contributed by atoms with E-state index >= 15 is 0 Å². The minimum Gasteiger partial charge on any atom is -0.486 e. The van der Waals surface area contributed by atoms with Crippen LogP contribution in [0.1, 0.15) is 37.0 Å². The van der Waals surface area contributed by atoms with Gasteiger partial charge in [-0.05, 0) is 31.0 Å². The van der Waals surface area contributed by atoms with Crippen molar-refractivity contribution in [1.29, 1.82) is 0 Å². The molecule has 0 saturated carbocycles. The minimum absolute atomic E-state index is 0.140. The van der Waals surface area contributed by atoms with E-state index in [9.17, 15) is 4.79 Å². The maximum absolute atomic E-state index is 12.1. The van der Waals surface area contributed by atoms with Crippen molar-refractivity contribution >= 4 is 5.91 Å². The number of hydrogen-bond acceptors (Lipinski definition) is 4. The molecule has 1 aliphatic heterocycles. The standard InChI is InChI=1S/C15H22N2O3/c1-3-15(16,4-2)10-17-14(18)11-5-6-12-13(9-11)20-8-7-19-12/h5-6,9H,3-4,7-8,10,16H2,1-2H3,(H,17,18). The summed E-state index contributed by atoms with van der Waals surface area (Å²) in [6, 6.07) is 5.21. The van der Waals surface area contributed by atoms with Gasteiger partial charge in [0.2, 0.25) is 0 Å². The third kappa shape index (κ3) is 3.22. The number of nitrogens with one attached hydrogen (secondary N) is 1. The smallest absolute Gasteiger partial charge is 0.251 e. The van der Waals surface area contributed by atoms with Crippen LogP contribution in [0.25, 0.3) is 0 Å². The lowest BCUT2D eigenvalue weighted by Gasteiger charge is -2.27. The molecule has 0 radical (unpaired) electrons. The summed E-state index contributed by atoms with van der Waals surface area (Å²) in [6.07, 6.45) is 1.65. The van der Waals surface area contributed by atoms with Crippen molar-refractivity contribution in [1.82, 2.24) is 5.32 Å². The van der Waals surface area contributed by atoms with Crippen molar-refractivity contribution in [2.24, 2.45) is 5.73 Å². The Hall–Kier alpha value is -1.75. The van der Waals surface area contributed by atoms with E-state index in [1.807, 2.05) is 13.8 Å². The number of fused-ring (bicyclic) bond motifs is 1. The number of hydrogen-bond donors (Lipinski definition) is 2. The second-order valence-corrected chi connectivity index (χ2v) is 5.11. The van der Waals surface area contributed by atoms with Gasteiger partial charge in [-0.2, -0.15) is 0 Å². The number of rotatable bonds is 5. The molecule has 110 valence electrons. The fraction of sp³-hybridized carbons (Fsp3) is 0.533. The summed E-state index contributed by atoms with van der Waals surface area (Å²) >= 11 is 0. The van der Waals surface area contributed by atoms with E-state index in [2.05, 4.69) is 5.32 Å². The highest BCUT2D eigenvalue weighted by Gasteiger charge is 2.22. The van der Waals surface area contributed by atoms with Crippen molar-refractivity contribution < 1.29 is 14.3 Å². The normalized spacial score (nSPS) is 13.9. The van der Waals surface area contributed by atoms with Gasteiger partial charge >= 0.3 is 0 Å². The molecular weight excluding hydrogens is 256 g/mol. The SMILES string of the molecule is CCC(N)(CC)CNC(=O)c1ccc2c(c1)OCCO2. The average Bonchev–Trinajstić information content (AvgIpc) is 2.51. The molecule has 3 N–H and O–H groups in total. The number of nitrogens with two attached hydrogens (primary N) is 1. The molecule has 0 saturated heterocycles. The molecule has 0 atom stereocenters. The first-order valence-electron chi connectivity index (χ1n) is 7.04. The Bertz CT molecular complexity index is 484. The Morgan fingerprint density at radius 2 is 1.90 bits per heavy atom. The first-order chi connectivity index (χ1) is 9.58. The summed E-state index contributed by atoms with van der Waals surface area (Å²) < 4.78 is 10.9. The molecule has 1 aromatic carbocycles. The average molecular weight is 278 g/mol. The quantitative estimate of drug-likeness (QED) is 0.860. The van der Waals surface area contributed by atoms with Crippen LogP contribution in [0.15, 0.2) is 18.2 Å². The Labute approximate surface area is 119 Å². The van der Waals surface area contributed by atoms with Crippen LogP contribution in [0.5, 0.6) is 11.5 Å². The monoisotopic (exact) mass is 278 g/mol. The third-order valence-electron chi connectivity index (χ3n) is 3.81. The highest BCUT2D eigenvalue weighted by Crippen LogP contribution is 2.30. The van der Waals surface area contributed by atoms with Crippen molar-refractivity contribution in [2.45, 2.75) is 32.2 Å². The topological polar surface area (TPSA) is 73.6 Å². The molecule has 20 heavy (non-hydrogen) atoms. The van der Waals surface area contributed by atoms with Crippen LogP contribution >= 0.6 is 0 Å². The predicted octanol–water partition coefficient (Wildman–Crippen LogP) is 1.71. The van der Waals surface area contributed by atoms with Gasteiger partial charge in [0.15, 0.2) is 11.5 Å². The van der Waals surface area contributed by atoms with Gasteiger partial charge in [0.25, 0.3) is 5.91 Å². The second-order valence-electron chi connectivity index (χ2n) is 5.11. The molecule has 0 aliphatic carbocycles. The number of ether oxygens (including phenoxy) is 2. The maximum atomic E-state index is 12.1. The van der Waals surface area contributed by atoms with Gasteiger partial charge in [-0.15, -0.1) is 0 Å². The highest BCUT2D eigenvalue weighted by molar-refractivity contribution is 5.94. The van der Waals surface area contributed by atoms with E-state index in [0.29, 0.717) is 36.8 Å². The Balaban J connectivity index is 2.02. The number of carbonyl (C=O) groups excluding carboxylic acids is 1. The fourth-order valence-corrected chi connectivity index (χ4v) is 2.04. The number of amides is 1. The zero-order valence-electron chi connectivity index (χ0n) is 12.1. The van der Waals surface area contributed by atoms with Crippen LogP contribution in [0.3, 0.4) is 0 Å². The van der Waals surface area contributed by atoms with Gasteiger partial charge in [-0.3, -0.25) is 4.79 Å². The fourth-order valence-electron chi connectivity index (χ4n) is 2.04. The van der Waals surface area contributed by atoms with Crippen LogP contribution < -0.4 is 20.5 Å². The van der Waals surface area contributed by atoms with Crippen molar-refractivity contribution in [3.05, 3.63) is 23.8 Å². The largest absolute Gasteiger partial charge is 0.486 e. The van der Waals surface area contributed by atoms with Crippen molar-refractivity contribution in [3.8, 4) is 11.5 Å². The van der Waals surface area contributed by atoms with E-state index in [4.69, 9.17) is 15.2 Å². The van der Waals surface area contributed by atoms with Gasteiger partial charge < -0.3 is 20.5 Å². The summed E-state index contributed by atoms with van der Waals surface area (Å²) in [5.74, 6) is 1.16. The van der Waals surface area contributed by atoms with Gasteiger partial charge in [-0.25, -0.2) is 0 Å². The molecule has 5 nitrogen and oxygen atoms in total. The third-order valence-corrected chi connectivity index (χ3v) is 3.81. The predicted molar refractivity (Wildman–Crippen MR) is 77.3 cm³/mol. The molecule has 0 bridgehead atoms. The molecule has 0 aromatic heterocycles. The summed E-state index contributed by atoms with van der Waals surface area (Å²) in [7, 11) is 0. The first kappa shape index (κ1) is 14.7. The van der Waals surface area contributed by atoms with E-state index in [1.54, 1.807) is 18.2 Å². The summed E-state index contributed by atoms with van der Waals surface area (Å²) in [6.45, 7) is 5.57. The van der Waals surface area contributed by atoms with E-state index in [-0.39, 0.29) is 11.4 Å². The molecule has 1 aromatic rings. The molecule has 0 fully saturated rings. The van der Waals surface area contributed by atoms with Gasteiger partial charge in [0, 0.05) is 17.6 Å². The summed E-state index contributed by atoms with van der Waals surface area (Å²) in [5.41, 5.74) is 6.39. The molecule has 1 amide bonds. The molecular formula is C15H22N2O3. The Kier molecular flexibility index (Phi) is 4.49. The number of carbonyl (C=O) groups is 1. The second kappa shape index (κ2) is 6.13. The lowest BCUT2D eigenvalue weighted by Crippen LogP contribution is -2.49. The molecule has 1 aliphatic rings. The van der Waals surface area contributed by atoms with Gasteiger partial charge in [0.1, 0.15) is 13.2 Å². The maximum Gasteiger partial charge on any atom is 0.251 e. The van der Waals surface area contributed by atoms with Crippen LogP contribution in [-0.4, -0.2) is 31.2 Å². The minimum atomic E-state index is -0.344. The highest BCUT2D eigenvalue weighted by atomic mass is 16.6. The molecule has 2 rings (SSSR count). The zero-order valence-corrected chi connectivity index (χ0v) is 12.1. The molecule has 1 heterocycles. The Morgan fingerprint density at radius 1 is 1.25 bits per heavy atom. The van der Waals surface area contributed by atoms with E-state index in [0.717, 1.165) is 12.8 Å². The summed E-state index contributed by atoms with van der Waals surface area (Å²) in [4.78, 5) is 12.1. The number of benzene rings is 1. The lowest BCUT2D eigenvalue weighted by atomic mass is 9.94. The van der Waals surface area contributed by atoms with E-state index in [1.165, 1.54) is 0 Å². The lowest BCUT2D eigenvalue weighted by molar-refractivity contribution is 0.0941. The van der Waals surface area contributed by atoms with E-state index < -0.39 is 0 Å². The van der Waals surface area contributed by atoms with Crippen LogP contribution in [-0.2, 0) is 0 Å². The Morgan fingerprint density at radius 3 is 2.55 bits per heavy atom. The van der Waals surface area contributed by atoms with Crippen LogP contribution in [0, 0.1) is 0 Å². The zero-order chi connectivity index (χ0) is 14.6.